The van der Waals surface area contributed by atoms with Gasteiger partial charge in [-0.15, -0.1) is 0 Å². The summed E-state index contributed by atoms with van der Waals surface area (Å²) in [6.07, 6.45) is -2.95. The normalized spacial score (nSPS) is 11.6. The molecule has 0 aromatic heterocycles. The molecule has 0 fully saturated rings. The number of halogens is 4. The number of alkyl halides is 4. The molecule has 0 saturated heterocycles. The monoisotopic (exact) mass is 296 g/mol. The Labute approximate surface area is 101 Å². The van der Waals surface area contributed by atoms with Crippen LogP contribution < -0.4 is 4.74 Å². The molecular formula is C11H12BrF3O. The second kappa shape index (κ2) is 5.57. The number of ether oxygens (including phenoxy) is 1. The van der Waals surface area contributed by atoms with Crippen LogP contribution in [-0.2, 0) is 12.6 Å². The molecule has 0 radical (unpaired) electrons. The van der Waals surface area contributed by atoms with E-state index in [4.69, 9.17) is 4.74 Å². The van der Waals surface area contributed by atoms with Crippen LogP contribution in [0, 0.1) is 0 Å². The van der Waals surface area contributed by atoms with Gasteiger partial charge in [-0.25, -0.2) is 0 Å². The lowest BCUT2D eigenvalue weighted by Gasteiger charge is -2.12. The van der Waals surface area contributed by atoms with E-state index in [-0.39, 0.29) is 0 Å². The van der Waals surface area contributed by atoms with Gasteiger partial charge in [0, 0.05) is 5.33 Å². The number of rotatable bonds is 4. The highest BCUT2D eigenvalue weighted by molar-refractivity contribution is 9.09. The van der Waals surface area contributed by atoms with E-state index in [1.54, 1.807) is 0 Å². The summed E-state index contributed by atoms with van der Waals surface area (Å²) in [5.41, 5.74) is -0.0327. The Bertz CT molecular complexity index is 350. The number of methoxy groups -OCH3 is 1. The predicted molar refractivity (Wildman–Crippen MR) is 60.1 cm³/mol. The largest absolute Gasteiger partial charge is 0.496 e. The molecule has 16 heavy (non-hydrogen) atoms. The lowest BCUT2D eigenvalue weighted by molar-refractivity contribution is -0.137. The van der Waals surface area contributed by atoms with Gasteiger partial charge < -0.3 is 4.74 Å². The summed E-state index contributed by atoms with van der Waals surface area (Å²) < 4.78 is 42.5. The van der Waals surface area contributed by atoms with Crippen molar-refractivity contribution in [3.05, 3.63) is 29.3 Å². The maximum absolute atomic E-state index is 12.5. The summed E-state index contributed by atoms with van der Waals surface area (Å²) in [5.74, 6) is 0.508. The molecule has 1 aromatic carbocycles. The zero-order valence-electron chi connectivity index (χ0n) is 8.77. The zero-order valence-corrected chi connectivity index (χ0v) is 10.4. The standard InChI is InChI=1S/C11H12BrF3O/c1-16-10-5-4-9(11(13,14)15)7-8(10)3-2-6-12/h4-5,7H,2-3,6H2,1H3. The molecule has 0 heterocycles. The van der Waals surface area contributed by atoms with Crippen molar-refractivity contribution in [2.75, 3.05) is 12.4 Å². The van der Waals surface area contributed by atoms with E-state index in [0.29, 0.717) is 17.7 Å². The summed E-state index contributed by atoms with van der Waals surface area (Å²) in [5, 5.41) is 0.756. The van der Waals surface area contributed by atoms with Crippen LogP contribution in [-0.4, -0.2) is 12.4 Å². The Morgan fingerprint density at radius 1 is 1.31 bits per heavy atom. The van der Waals surface area contributed by atoms with E-state index < -0.39 is 11.7 Å². The van der Waals surface area contributed by atoms with Gasteiger partial charge in [-0.3, -0.25) is 0 Å². The summed E-state index contributed by atoms with van der Waals surface area (Å²) in [6, 6.07) is 3.56. The molecular weight excluding hydrogens is 285 g/mol. The fraction of sp³-hybridized carbons (Fsp3) is 0.455. The maximum Gasteiger partial charge on any atom is 0.416 e. The Morgan fingerprint density at radius 3 is 2.50 bits per heavy atom. The van der Waals surface area contributed by atoms with Gasteiger partial charge in [0.15, 0.2) is 0 Å². The Hall–Kier alpha value is -0.710. The molecule has 0 aliphatic carbocycles. The summed E-state index contributed by atoms with van der Waals surface area (Å²) in [7, 11) is 1.46. The van der Waals surface area contributed by atoms with Crippen molar-refractivity contribution in [2.45, 2.75) is 19.0 Å². The van der Waals surface area contributed by atoms with Gasteiger partial charge in [-0.05, 0) is 36.6 Å². The molecule has 0 saturated carbocycles. The predicted octanol–water partition coefficient (Wildman–Crippen LogP) is 4.04. The van der Waals surface area contributed by atoms with Crippen LogP contribution in [0.5, 0.6) is 5.75 Å². The number of hydrogen-bond acceptors (Lipinski definition) is 1. The van der Waals surface area contributed by atoms with Crippen molar-refractivity contribution in [1.82, 2.24) is 0 Å². The molecule has 0 aliphatic heterocycles. The lowest BCUT2D eigenvalue weighted by Crippen LogP contribution is -2.06. The minimum absolute atomic E-state index is 0.508. The Balaban J connectivity index is 3.01. The summed E-state index contributed by atoms with van der Waals surface area (Å²) in [4.78, 5) is 0. The van der Waals surface area contributed by atoms with Crippen LogP contribution in [0.2, 0.25) is 0 Å². The van der Waals surface area contributed by atoms with Gasteiger partial charge in [0.25, 0.3) is 0 Å². The number of hydrogen-bond donors (Lipinski definition) is 0. The third-order valence-electron chi connectivity index (χ3n) is 2.19. The van der Waals surface area contributed by atoms with Crippen LogP contribution in [0.4, 0.5) is 13.2 Å². The summed E-state index contributed by atoms with van der Waals surface area (Å²) >= 11 is 3.25. The van der Waals surface area contributed by atoms with Crippen LogP contribution >= 0.6 is 15.9 Å². The quantitative estimate of drug-likeness (QED) is 0.762. The van der Waals surface area contributed by atoms with Gasteiger partial charge in [0.1, 0.15) is 5.75 Å². The fourth-order valence-corrected chi connectivity index (χ4v) is 1.69. The van der Waals surface area contributed by atoms with Crippen molar-refractivity contribution >= 4 is 15.9 Å². The van der Waals surface area contributed by atoms with E-state index in [1.807, 2.05) is 0 Å². The molecule has 90 valence electrons. The maximum atomic E-state index is 12.5. The van der Waals surface area contributed by atoms with E-state index in [9.17, 15) is 13.2 Å². The van der Waals surface area contributed by atoms with Crippen LogP contribution in [0.3, 0.4) is 0 Å². The van der Waals surface area contributed by atoms with Crippen molar-refractivity contribution in [2.24, 2.45) is 0 Å². The first kappa shape index (κ1) is 13.4. The van der Waals surface area contributed by atoms with Crippen LogP contribution in [0.25, 0.3) is 0 Å². The van der Waals surface area contributed by atoms with E-state index in [2.05, 4.69) is 15.9 Å². The lowest BCUT2D eigenvalue weighted by atomic mass is 10.1. The molecule has 0 bridgehead atoms. The highest BCUT2D eigenvalue weighted by Crippen LogP contribution is 2.32. The second-order valence-electron chi connectivity index (χ2n) is 3.32. The highest BCUT2D eigenvalue weighted by atomic mass is 79.9. The highest BCUT2D eigenvalue weighted by Gasteiger charge is 2.30. The van der Waals surface area contributed by atoms with Crippen LogP contribution in [0.15, 0.2) is 18.2 Å². The Morgan fingerprint density at radius 2 is 2.00 bits per heavy atom. The fourth-order valence-electron chi connectivity index (χ4n) is 1.41. The van der Waals surface area contributed by atoms with Gasteiger partial charge in [0.2, 0.25) is 0 Å². The number of aryl methyl sites for hydroxylation is 1. The SMILES string of the molecule is COc1ccc(C(F)(F)F)cc1CCCBr. The smallest absolute Gasteiger partial charge is 0.416 e. The third kappa shape index (κ3) is 3.40. The molecule has 1 aromatic rings. The molecule has 0 spiro atoms. The van der Waals surface area contributed by atoms with E-state index >= 15 is 0 Å². The third-order valence-corrected chi connectivity index (χ3v) is 2.75. The minimum atomic E-state index is -4.30. The topological polar surface area (TPSA) is 9.23 Å². The van der Waals surface area contributed by atoms with Gasteiger partial charge >= 0.3 is 6.18 Å². The first-order valence-electron chi connectivity index (χ1n) is 4.79. The van der Waals surface area contributed by atoms with Crippen molar-refractivity contribution < 1.29 is 17.9 Å². The molecule has 0 amide bonds. The van der Waals surface area contributed by atoms with Crippen molar-refractivity contribution in [3.8, 4) is 5.75 Å². The zero-order chi connectivity index (χ0) is 12.2. The van der Waals surface area contributed by atoms with Crippen molar-refractivity contribution in [1.29, 1.82) is 0 Å². The first-order valence-corrected chi connectivity index (χ1v) is 5.91. The van der Waals surface area contributed by atoms with E-state index in [1.165, 1.54) is 13.2 Å². The molecule has 0 N–H and O–H groups in total. The average molecular weight is 297 g/mol. The van der Waals surface area contributed by atoms with Crippen LogP contribution in [0.1, 0.15) is 17.5 Å². The number of benzene rings is 1. The first-order chi connectivity index (χ1) is 7.49. The van der Waals surface area contributed by atoms with E-state index in [0.717, 1.165) is 23.9 Å². The Kier molecular flexibility index (Phi) is 4.65. The molecule has 0 unspecified atom stereocenters. The molecule has 5 heteroatoms. The summed E-state index contributed by atoms with van der Waals surface area (Å²) in [6.45, 7) is 0. The molecule has 1 rings (SSSR count). The van der Waals surface area contributed by atoms with Gasteiger partial charge in [0.05, 0.1) is 12.7 Å². The second-order valence-corrected chi connectivity index (χ2v) is 4.11. The molecule has 0 aliphatic rings. The van der Waals surface area contributed by atoms with Crippen molar-refractivity contribution in [3.63, 3.8) is 0 Å². The van der Waals surface area contributed by atoms with Gasteiger partial charge in [-0.2, -0.15) is 13.2 Å². The molecule has 1 nitrogen and oxygen atoms in total. The van der Waals surface area contributed by atoms with Gasteiger partial charge in [-0.1, -0.05) is 15.9 Å². The average Bonchev–Trinajstić information content (AvgIpc) is 2.24. The molecule has 0 atom stereocenters. The minimum Gasteiger partial charge on any atom is -0.496 e.